The molecule has 0 saturated heterocycles. The first kappa shape index (κ1) is 27.3. The molecule has 0 saturated carbocycles. The van der Waals surface area contributed by atoms with E-state index in [0.29, 0.717) is 62.6 Å². The van der Waals surface area contributed by atoms with E-state index >= 15 is 4.39 Å². The van der Waals surface area contributed by atoms with Gasteiger partial charge in [0.25, 0.3) is 0 Å². The number of nitrogens with one attached hydrogen (secondary N) is 4. The van der Waals surface area contributed by atoms with Crippen LogP contribution in [-0.2, 0) is 0 Å². The van der Waals surface area contributed by atoms with Crippen molar-refractivity contribution in [2.75, 3.05) is 37.8 Å². The summed E-state index contributed by atoms with van der Waals surface area (Å²) >= 11 is 0. The Morgan fingerprint density at radius 1 is 0.929 bits per heavy atom. The third-order valence-corrected chi connectivity index (χ3v) is 6.84. The Bertz CT molecular complexity index is 1890. The van der Waals surface area contributed by atoms with Crippen LogP contribution in [0.25, 0.3) is 55.8 Å². The molecule has 42 heavy (non-hydrogen) atoms. The summed E-state index contributed by atoms with van der Waals surface area (Å²) in [6, 6.07) is 11.9. The number of hydrogen-bond donors (Lipinski definition) is 4. The maximum absolute atomic E-state index is 15.2. The Labute approximate surface area is 241 Å². The zero-order valence-electron chi connectivity index (χ0n) is 23.8. The summed E-state index contributed by atoms with van der Waals surface area (Å²) in [5.41, 5.74) is 6.01. The summed E-state index contributed by atoms with van der Waals surface area (Å²) in [5.74, 6) is -0.278. The highest BCUT2D eigenvalue weighted by atomic mass is 19.1. The predicted octanol–water partition coefficient (Wildman–Crippen LogP) is 6.30. The lowest BCUT2D eigenvalue weighted by Gasteiger charge is -2.12. The fourth-order valence-electron chi connectivity index (χ4n) is 4.95. The Kier molecular flexibility index (Phi) is 7.26. The molecule has 0 aliphatic rings. The third kappa shape index (κ3) is 5.51. The lowest BCUT2D eigenvalue weighted by Crippen LogP contribution is -2.20. The van der Waals surface area contributed by atoms with Gasteiger partial charge >= 0.3 is 0 Å². The number of likely N-dealkylation sites (N-methyl/N-ethyl adjacent to an activating group) is 1. The van der Waals surface area contributed by atoms with Crippen LogP contribution in [0, 0.1) is 11.6 Å². The summed E-state index contributed by atoms with van der Waals surface area (Å²) in [5, 5.41) is 14.7. The highest BCUT2D eigenvalue weighted by Crippen LogP contribution is 2.34. The maximum Gasteiger partial charge on any atom is 0.159 e. The number of nitrogens with zero attached hydrogens (tertiary/aromatic N) is 5. The van der Waals surface area contributed by atoms with E-state index in [0.717, 1.165) is 17.7 Å². The molecular weight excluding hydrogens is 536 g/mol. The number of imidazole rings is 1. The first-order valence-electron chi connectivity index (χ1n) is 13.7. The molecular formula is C31H31F2N9. The van der Waals surface area contributed by atoms with E-state index in [1.807, 2.05) is 46.1 Å². The highest BCUT2D eigenvalue weighted by Gasteiger charge is 2.19. The van der Waals surface area contributed by atoms with Crippen molar-refractivity contribution >= 4 is 33.3 Å². The van der Waals surface area contributed by atoms with Gasteiger partial charge in [0.2, 0.25) is 0 Å². The molecule has 0 unspecified atom stereocenters. The van der Waals surface area contributed by atoms with Crippen LogP contribution in [0.15, 0.2) is 61.1 Å². The first-order chi connectivity index (χ1) is 20.2. The van der Waals surface area contributed by atoms with Gasteiger partial charge in [-0.2, -0.15) is 5.10 Å². The van der Waals surface area contributed by atoms with Gasteiger partial charge in [-0.15, -0.1) is 0 Å². The second-order valence-electron chi connectivity index (χ2n) is 10.8. The van der Waals surface area contributed by atoms with Gasteiger partial charge in [0.15, 0.2) is 5.82 Å². The summed E-state index contributed by atoms with van der Waals surface area (Å²) in [7, 11) is 3.97. The van der Waals surface area contributed by atoms with Crippen LogP contribution in [0.3, 0.4) is 0 Å². The lowest BCUT2D eigenvalue weighted by atomic mass is 10.0. The molecule has 0 fully saturated rings. The quantitative estimate of drug-likeness (QED) is 0.162. The average Bonchev–Trinajstić information content (AvgIpc) is 3.55. The Balaban J connectivity index is 1.40. The Morgan fingerprint density at radius 2 is 1.76 bits per heavy atom. The number of rotatable bonds is 9. The van der Waals surface area contributed by atoms with Crippen LogP contribution in [0.2, 0.25) is 0 Å². The molecule has 2 aromatic carbocycles. The molecule has 0 spiro atoms. The SMILES string of the molecule is CC(C)Nc1cncc(-c2cc3c(-c4nc5c(-c6cc(F)cc(NCCN(C)C)c6)nccc5[nH]4)n[nH]c3cc2F)c1. The van der Waals surface area contributed by atoms with Crippen molar-refractivity contribution in [3.05, 3.63) is 72.7 Å². The second kappa shape index (κ2) is 11.2. The molecule has 4 aromatic heterocycles. The minimum absolute atomic E-state index is 0.209. The van der Waals surface area contributed by atoms with Gasteiger partial charge < -0.3 is 20.5 Å². The largest absolute Gasteiger partial charge is 0.384 e. The minimum Gasteiger partial charge on any atom is -0.384 e. The van der Waals surface area contributed by atoms with Gasteiger partial charge in [-0.3, -0.25) is 15.1 Å². The van der Waals surface area contributed by atoms with Crippen molar-refractivity contribution in [2.24, 2.45) is 0 Å². The first-order valence-corrected chi connectivity index (χ1v) is 13.7. The summed E-state index contributed by atoms with van der Waals surface area (Å²) in [4.78, 5) is 19.0. The van der Waals surface area contributed by atoms with Crippen LogP contribution in [-0.4, -0.2) is 68.3 Å². The molecule has 9 nitrogen and oxygen atoms in total. The van der Waals surface area contributed by atoms with Crippen molar-refractivity contribution < 1.29 is 8.78 Å². The van der Waals surface area contributed by atoms with Crippen molar-refractivity contribution in [1.82, 2.24) is 35.0 Å². The van der Waals surface area contributed by atoms with E-state index in [9.17, 15) is 4.39 Å². The molecule has 0 radical (unpaired) electrons. The van der Waals surface area contributed by atoms with Gasteiger partial charge in [-0.1, -0.05) is 0 Å². The molecule has 0 aliphatic carbocycles. The number of aromatic amines is 2. The number of halogens is 2. The van der Waals surface area contributed by atoms with Gasteiger partial charge in [0.1, 0.15) is 22.8 Å². The van der Waals surface area contributed by atoms with E-state index in [1.165, 1.54) is 18.2 Å². The predicted molar refractivity (Wildman–Crippen MR) is 163 cm³/mol. The van der Waals surface area contributed by atoms with Crippen LogP contribution in [0.4, 0.5) is 20.2 Å². The topological polar surface area (TPSA) is 110 Å². The van der Waals surface area contributed by atoms with Crippen molar-refractivity contribution in [3.8, 4) is 33.9 Å². The average molecular weight is 568 g/mol. The van der Waals surface area contributed by atoms with Gasteiger partial charge in [-0.25, -0.2) is 13.8 Å². The van der Waals surface area contributed by atoms with Crippen molar-refractivity contribution in [3.63, 3.8) is 0 Å². The molecule has 0 bridgehead atoms. The smallest absolute Gasteiger partial charge is 0.159 e. The lowest BCUT2D eigenvalue weighted by molar-refractivity contribution is 0.425. The minimum atomic E-state index is -0.390. The second-order valence-corrected chi connectivity index (χ2v) is 10.8. The van der Waals surface area contributed by atoms with Gasteiger partial charge in [0, 0.05) is 71.6 Å². The van der Waals surface area contributed by atoms with Crippen molar-refractivity contribution in [1.29, 1.82) is 0 Å². The molecule has 11 heteroatoms. The number of fused-ring (bicyclic) bond motifs is 2. The molecule has 6 rings (SSSR count). The number of anilines is 2. The highest BCUT2D eigenvalue weighted by molar-refractivity contribution is 5.98. The number of H-pyrrole nitrogens is 2. The van der Waals surface area contributed by atoms with Gasteiger partial charge in [-0.05, 0) is 64.3 Å². The number of hydrogen-bond acceptors (Lipinski definition) is 7. The Morgan fingerprint density at radius 3 is 2.57 bits per heavy atom. The Hall–Kier alpha value is -4.90. The number of benzene rings is 2. The van der Waals surface area contributed by atoms with Crippen LogP contribution in [0.1, 0.15) is 13.8 Å². The van der Waals surface area contributed by atoms with E-state index in [-0.39, 0.29) is 11.9 Å². The molecule has 0 amide bonds. The fourth-order valence-corrected chi connectivity index (χ4v) is 4.95. The summed E-state index contributed by atoms with van der Waals surface area (Å²) in [6.07, 6.45) is 5.01. The summed E-state index contributed by atoms with van der Waals surface area (Å²) < 4.78 is 29.9. The molecule has 214 valence electrons. The van der Waals surface area contributed by atoms with Crippen LogP contribution < -0.4 is 10.6 Å². The van der Waals surface area contributed by atoms with E-state index in [1.54, 1.807) is 24.7 Å². The zero-order chi connectivity index (χ0) is 29.4. The normalized spacial score (nSPS) is 11.7. The number of pyridine rings is 2. The zero-order valence-corrected chi connectivity index (χ0v) is 23.8. The standard InChI is InChI=1S/C31H31F2N9/c1-17(2)37-22-11-19(15-34-16-22)23-13-24-27(14-25(23)33)40-41-29(24)31-38-26-5-6-36-28(30(26)39-31)18-9-20(32)12-21(10-18)35-7-8-42(3)4/h5-6,9-17,35,37H,7-8H2,1-4H3,(H,38,39)(H,40,41). The van der Waals surface area contributed by atoms with E-state index in [2.05, 4.69) is 40.7 Å². The molecule has 0 atom stereocenters. The van der Waals surface area contributed by atoms with Crippen molar-refractivity contribution in [2.45, 2.75) is 19.9 Å². The monoisotopic (exact) mass is 567 g/mol. The van der Waals surface area contributed by atoms with Crippen LogP contribution in [0.5, 0.6) is 0 Å². The molecule has 4 heterocycles. The molecule has 0 aliphatic heterocycles. The van der Waals surface area contributed by atoms with E-state index < -0.39 is 5.82 Å². The van der Waals surface area contributed by atoms with Gasteiger partial charge in [0.05, 0.1) is 22.4 Å². The maximum atomic E-state index is 15.2. The third-order valence-electron chi connectivity index (χ3n) is 6.84. The molecule has 4 N–H and O–H groups in total. The summed E-state index contributed by atoms with van der Waals surface area (Å²) in [6.45, 7) is 5.54. The van der Waals surface area contributed by atoms with Crippen LogP contribution >= 0.6 is 0 Å². The molecule has 6 aromatic rings. The van der Waals surface area contributed by atoms with E-state index in [4.69, 9.17) is 4.98 Å². The number of aromatic nitrogens is 6. The fraction of sp³-hybridized carbons (Fsp3) is 0.226.